The van der Waals surface area contributed by atoms with Crippen LogP contribution >= 0.6 is 11.8 Å². The van der Waals surface area contributed by atoms with Crippen LogP contribution in [0.25, 0.3) is 0 Å². The van der Waals surface area contributed by atoms with Crippen LogP contribution in [0.1, 0.15) is 33.2 Å². The molecule has 28 heavy (non-hydrogen) atoms. The third-order valence-corrected chi connectivity index (χ3v) is 5.23. The van der Waals surface area contributed by atoms with Crippen molar-refractivity contribution in [2.45, 2.75) is 30.9 Å². The van der Waals surface area contributed by atoms with Gasteiger partial charge in [0.05, 0.1) is 18.4 Å². The van der Waals surface area contributed by atoms with Gasteiger partial charge in [-0.3, -0.25) is 4.79 Å². The number of nitrogens with one attached hydrogen (secondary N) is 1. The lowest BCUT2D eigenvalue weighted by atomic mass is 10.1. The zero-order chi connectivity index (χ0) is 19.9. The zero-order valence-corrected chi connectivity index (χ0v) is 17.0. The highest BCUT2D eigenvalue weighted by atomic mass is 32.2. The molecule has 3 aromatic rings. The molecular weight excluding hydrogens is 374 g/mol. The van der Waals surface area contributed by atoms with E-state index in [1.165, 1.54) is 17.3 Å². The van der Waals surface area contributed by atoms with Crippen molar-refractivity contribution in [1.29, 1.82) is 0 Å². The average molecular weight is 398 g/mol. The maximum Gasteiger partial charge on any atom is 0.252 e. The highest BCUT2D eigenvalue weighted by Gasteiger charge is 2.13. The fourth-order valence-corrected chi connectivity index (χ4v) is 3.71. The maximum atomic E-state index is 12.7. The molecule has 7 heteroatoms. The molecule has 1 amide bonds. The van der Waals surface area contributed by atoms with Crippen LogP contribution in [0, 0.1) is 13.8 Å². The first-order valence-electron chi connectivity index (χ1n) is 8.99. The lowest BCUT2D eigenvalue weighted by Crippen LogP contribution is -2.26. The Hall–Kier alpha value is -2.80. The number of hydrogen-bond donors (Lipinski definition) is 1. The molecule has 1 heterocycles. The monoisotopic (exact) mass is 397 g/mol. The Bertz CT molecular complexity index is 956. The van der Waals surface area contributed by atoms with Crippen LogP contribution in [0.4, 0.5) is 0 Å². The second kappa shape index (κ2) is 9.41. The summed E-state index contributed by atoms with van der Waals surface area (Å²) in [6.07, 6.45) is 0.702. The zero-order valence-electron chi connectivity index (χ0n) is 16.2. The number of aromatic nitrogens is 2. The van der Waals surface area contributed by atoms with Gasteiger partial charge in [0.2, 0.25) is 5.89 Å². The molecule has 0 saturated heterocycles. The van der Waals surface area contributed by atoms with Crippen LogP contribution in [0.2, 0.25) is 0 Å². The van der Waals surface area contributed by atoms with Gasteiger partial charge in [-0.2, -0.15) is 4.98 Å². The molecule has 0 saturated carbocycles. The van der Waals surface area contributed by atoms with Crippen LogP contribution in [0.3, 0.4) is 0 Å². The lowest BCUT2D eigenvalue weighted by molar-refractivity contribution is 0.0951. The highest BCUT2D eigenvalue weighted by Crippen LogP contribution is 2.26. The van der Waals surface area contributed by atoms with Gasteiger partial charge in [-0.1, -0.05) is 35.0 Å². The Labute approximate surface area is 168 Å². The molecule has 0 fully saturated rings. The molecule has 0 atom stereocenters. The van der Waals surface area contributed by atoms with Gasteiger partial charge < -0.3 is 14.6 Å². The van der Waals surface area contributed by atoms with Crippen LogP contribution in [0.15, 0.2) is 51.9 Å². The second-order valence-corrected chi connectivity index (χ2v) is 7.36. The van der Waals surface area contributed by atoms with Gasteiger partial charge in [0, 0.05) is 11.4 Å². The Balaban J connectivity index is 1.61. The number of amides is 1. The SMILES string of the molecule is COc1ccc(C)cc1CCNC(=O)c1ccccc1SCc1nc(C)no1. The third kappa shape index (κ3) is 5.13. The van der Waals surface area contributed by atoms with Crippen molar-refractivity contribution in [3.63, 3.8) is 0 Å². The summed E-state index contributed by atoms with van der Waals surface area (Å²) in [4.78, 5) is 17.8. The second-order valence-electron chi connectivity index (χ2n) is 6.34. The summed E-state index contributed by atoms with van der Waals surface area (Å²) in [5, 5.41) is 6.79. The minimum atomic E-state index is -0.101. The molecular formula is C21H23N3O3S. The van der Waals surface area contributed by atoms with E-state index in [4.69, 9.17) is 9.26 Å². The number of carbonyl (C=O) groups excluding carboxylic acids is 1. The highest BCUT2D eigenvalue weighted by molar-refractivity contribution is 7.98. The molecule has 0 radical (unpaired) electrons. The van der Waals surface area contributed by atoms with Gasteiger partial charge >= 0.3 is 0 Å². The molecule has 0 aliphatic heterocycles. The van der Waals surface area contributed by atoms with E-state index in [0.29, 0.717) is 36.0 Å². The predicted molar refractivity (Wildman–Crippen MR) is 109 cm³/mol. The summed E-state index contributed by atoms with van der Waals surface area (Å²) >= 11 is 1.50. The smallest absolute Gasteiger partial charge is 0.252 e. The van der Waals surface area contributed by atoms with E-state index in [-0.39, 0.29) is 5.91 Å². The van der Waals surface area contributed by atoms with E-state index >= 15 is 0 Å². The number of nitrogens with zero attached hydrogens (tertiary/aromatic N) is 2. The Morgan fingerprint density at radius 1 is 1.21 bits per heavy atom. The van der Waals surface area contributed by atoms with E-state index < -0.39 is 0 Å². The Morgan fingerprint density at radius 2 is 2.04 bits per heavy atom. The number of ether oxygens (including phenoxy) is 1. The third-order valence-electron chi connectivity index (χ3n) is 4.17. The maximum absolute atomic E-state index is 12.7. The standard InChI is InChI=1S/C21H23N3O3S/c1-14-8-9-18(26-3)16(12-14)10-11-22-21(25)17-6-4-5-7-19(17)28-13-20-23-15(2)24-27-20/h4-9,12H,10-11,13H2,1-3H3,(H,22,25). The van der Waals surface area contributed by atoms with Crippen molar-refractivity contribution < 1.29 is 14.1 Å². The first kappa shape index (κ1) is 19.9. The lowest BCUT2D eigenvalue weighted by Gasteiger charge is -2.12. The summed E-state index contributed by atoms with van der Waals surface area (Å²) in [7, 11) is 1.66. The Kier molecular flexibility index (Phi) is 6.71. The molecule has 2 aromatic carbocycles. The van der Waals surface area contributed by atoms with Crippen LogP contribution in [0.5, 0.6) is 5.75 Å². The topological polar surface area (TPSA) is 77.2 Å². The fraction of sp³-hybridized carbons (Fsp3) is 0.286. The number of aryl methyl sites for hydroxylation is 2. The van der Waals surface area contributed by atoms with Crippen molar-refractivity contribution >= 4 is 17.7 Å². The van der Waals surface area contributed by atoms with E-state index in [0.717, 1.165) is 16.2 Å². The van der Waals surface area contributed by atoms with Gasteiger partial charge in [0.1, 0.15) is 5.75 Å². The van der Waals surface area contributed by atoms with Crippen molar-refractivity contribution in [2.75, 3.05) is 13.7 Å². The minimum Gasteiger partial charge on any atom is -0.496 e. The summed E-state index contributed by atoms with van der Waals surface area (Å²) in [6.45, 7) is 4.35. The van der Waals surface area contributed by atoms with Crippen LogP contribution in [-0.4, -0.2) is 29.7 Å². The number of carbonyl (C=O) groups is 1. The van der Waals surface area contributed by atoms with Gasteiger partial charge in [-0.25, -0.2) is 0 Å². The van der Waals surface area contributed by atoms with Crippen molar-refractivity contribution in [3.8, 4) is 5.75 Å². The predicted octanol–water partition coefficient (Wildman–Crippen LogP) is 3.96. The summed E-state index contributed by atoms with van der Waals surface area (Å²) in [5.74, 6) is 2.41. The average Bonchev–Trinajstić information content (AvgIpc) is 3.12. The number of benzene rings is 2. The molecule has 1 N–H and O–H groups in total. The quantitative estimate of drug-likeness (QED) is 0.580. The number of methoxy groups -OCH3 is 1. The van der Waals surface area contributed by atoms with Crippen molar-refractivity contribution in [3.05, 3.63) is 70.9 Å². The molecule has 0 aliphatic rings. The number of hydrogen-bond acceptors (Lipinski definition) is 6. The molecule has 146 valence electrons. The van der Waals surface area contributed by atoms with Gasteiger partial charge in [0.25, 0.3) is 5.91 Å². The van der Waals surface area contributed by atoms with Crippen molar-refractivity contribution in [2.24, 2.45) is 0 Å². The molecule has 0 bridgehead atoms. The van der Waals surface area contributed by atoms with E-state index in [1.807, 2.05) is 43.3 Å². The first-order valence-corrected chi connectivity index (χ1v) is 9.98. The largest absolute Gasteiger partial charge is 0.496 e. The van der Waals surface area contributed by atoms with Crippen LogP contribution < -0.4 is 10.1 Å². The fourth-order valence-electron chi connectivity index (χ4n) is 2.83. The molecule has 1 aromatic heterocycles. The summed E-state index contributed by atoms with van der Waals surface area (Å²) in [5.41, 5.74) is 2.89. The van der Waals surface area contributed by atoms with Gasteiger partial charge in [-0.05, 0) is 44.0 Å². The molecule has 0 unspecified atom stereocenters. The van der Waals surface area contributed by atoms with Crippen LogP contribution in [-0.2, 0) is 12.2 Å². The Morgan fingerprint density at radius 3 is 2.79 bits per heavy atom. The molecule has 6 nitrogen and oxygen atoms in total. The molecule has 0 aliphatic carbocycles. The first-order chi connectivity index (χ1) is 13.6. The van der Waals surface area contributed by atoms with Crippen molar-refractivity contribution in [1.82, 2.24) is 15.5 Å². The van der Waals surface area contributed by atoms with E-state index in [9.17, 15) is 4.79 Å². The number of thioether (sulfide) groups is 1. The van der Waals surface area contributed by atoms with E-state index in [2.05, 4.69) is 21.5 Å². The normalized spacial score (nSPS) is 10.7. The summed E-state index contributed by atoms with van der Waals surface area (Å²) in [6, 6.07) is 13.6. The summed E-state index contributed by atoms with van der Waals surface area (Å²) < 4.78 is 10.5. The van der Waals surface area contributed by atoms with Gasteiger partial charge in [-0.15, -0.1) is 11.8 Å². The van der Waals surface area contributed by atoms with Gasteiger partial charge in [0.15, 0.2) is 5.82 Å². The number of rotatable bonds is 8. The van der Waals surface area contributed by atoms with E-state index in [1.54, 1.807) is 14.0 Å². The molecule has 0 spiro atoms. The minimum absolute atomic E-state index is 0.101. The molecule has 3 rings (SSSR count).